The van der Waals surface area contributed by atoms with Crippen LogP contribution < -0.4 is 5.43 Å². The molecule has 11 heteroatoms. The van der Waals surface area contributed by atoms with Gasteiger partial charge in [-0.25, -0.2) is 0 Å². The van der Waals surface area contributed by atoms with E-state index in [-0.39, 0.29) is 17.0 Å². The minimum atomic E-state index is -4.66. The van der Waals surface area contributed by atoms with Gasteiger partial charge in [0.1, 0.15) is 6.07 Å². The third-order valence-electron chi connectivity index (χ3n) is 3.24. The standard InChI is InChI=1S/C16H7Cl2F6N3/c17-11-5-10(16(22,23)24)6-12(18)14(11)27-26-13(7-25)8-1-3-9(4-2-8)15(19,20)21/h1-6,27H/b26-13+. The first-order valence-electron chi connectivity index (χ1n) is 6.91. The molecule has 0 saturated carbocycles. The summed E-state index contributed by atoms with van der Waals surface area (Å²) >= 11 is 11.5. The predicted molar refractivity (Wildman–Crippen MR) is 88.7 cm³/mol. The second-order valence-electron chi connectivity index (χ2n) is 5.07. The third kappa shape index (κ3) is 5.05. The Balaban J connectivity index is 2.32. The number of nitrogens with one attached hydrogen (secondary N) is 1. The van der Waals surface area contributed by atoms with E-state index in [9.17, 15) is 26.3 Å². The highest BCUT2D eigenvalue weighted by Crippen LogP contribution is 2.38. The molecule has 2 rings (SSSR count). The van der Waals surface area contributed by atoms with E-state index in [0.717, 1.165) is 24.3 Å². The fourth-order valence-electron chi connectivity index (χ4n) is 1.93. The molecule has 2 aromatic carbocycles. The van der Waals surface area contributed by atoms with Crippen LogP contribution >= 0.6 is 23.2 Å². The number of benzene rings is 2. The van der Waals surface area contributed by atoms with Crippen molar-refractivity contribution in [3.8, 4) is 6.07 Å². The number of anilines is 1. The average Bonchev–Trinajstić information content (AvgIpc) is 2.56. The molecule has 0 saturated heterocycles. The van der Waals surface area contributed by atoms with Gasteiger partial charge >= 0.3 is 12.4 Å². The van der Waals surface area contributed by atoms with E-state index >= 15 is 0 Å². The van der Waals surface area contributed by atoms with Crippen molar-refractivity contribution in [1.82, 2.24) is 0 Å². The minimum absolute atomic E-state index is 0.0529. The Morgan fingerprint density at radius 1 is 0.889 bits per heavy atom. The van der Waals surface area contributed by atoms with Gasteiger partial charge in [0.15, 0.2) is 5.71 Å². The normalized spacial score (nSPS) is 12.6. The summed E-state index contributed by atoms with van der Waals surface area (Å²) in [5.41, 5.74) is -0.179. The maximum atomic E-state index is 12.7. The summed E-state index contributed by atoms with van der Waals surface area (Å²) in [6.07, 6.45) is -9.20. The Bertz CT molecular complexity index is 889. The summed E-state index contributed by atoms with van der Waals surface area (Å²) in [6.45, 7) is 0. The number of halogens is 8. The van der Waals surface area contributed by atoms with Crippen LogP contribution in [0.15, 0.2) is 41.5 Å². The van der Waals surface area contributed by atoms with E-state index in [1.54, 1.807) is 6.07 Å². The Morgan fingerprint density at radius 2 is 1.37 bits per heavy atom. The van der Waals surface area contributed by atoms with E-state index in [4.69, 9.17) is 28.5 Å². The van der Waals surface area contributed by atoms with Crippen LogP contribution in [0.2, 0.25) is 10.0 Å². The summed E-state index contributed by atoms with van der Waals surface area (Å²) in [4.78, 5) is 0. The number of nitrogens with zero attached hydrogens (tertiary/aromatic N) is 2. The second kappa shape index (κ2) is 7.66. The summed E-state index contributed by atoms with van der Waals surface area (Å²) < 4.78 is 75.8. The van der Waals surface area contributed by atoms with Crippen molar-refractivity contribution in [3.05, 3.63) is 63.1 Å². The van der Waals surface area contributed by atoms with Gasteiger partial charge in [0.25, 0.3) is 0 Å². The minimum Gasteiger partial charge on any atom is -0.274 e. The second-order valence-corrected chi connectivity index (χ2v) is 5.89. The lowest BCUT2D eigenvalue weighted by molar-refractivity contribution is -0.138. The first-order chi connectivity index (χ1) is 12.4. The molecule has 0 atom stereocenters. The van der Waals surface area contributed by atoms with Crippen molar-refractivity contribution in [2.45, 2.75) is 12.4 Å². The molecule has 0 radical (unpaired) electrons. The van der Waals surface area contributed by atoms with Gasteiger partial charge in [-0.15, -0.1) is 0 Å². The molecular formula is C16H7Cl2F6N3. The van der Waals surface area contributed by atoms with Crippen LogP contribution in [0.4, 0.5) is 32.0 Å². The zero-order valence-electron chi connectivity index (χ0n) is 12.9. The number of hydrazone groups is 1. The summed E-state index contributed by atoms with van der Waals surface area (Å²) in [7, 11) is 0. The fourth-order valence-corrected chi connectivity index (χ4v) is 2.50. The van der Waals surface area contributed by atoms with Crippen LogP contribution in [0, 0.1) is 11.3 Å². The molecule has 0 fully saturated rings. The molecule has 142 valence electrons. The van der Waals surface area contributed by atoms with Crippen molar-refractivity contribution in [2.24, 2.45) is 5.10 Å². The summed E-state index contributed by atoms with van der Waals surface area (Å²) in [5, 5.41) is 12.0. The molecule has 0 aliphatic heterocycles. The van der Waals surface area contributed by atoms with E-state index in [0.29, 0.717) is 12.1 Å². The number of hydrogen-bond acceptors (Lipinski definition) is 3. The Kier molecular flexibility index (Phi) is 5.92. The summed E-state index contributed by atoms with van der Waals surface area (Å²) in [6, 6.07) is 6.49. The molecule has 0 amide bonds. The first kappa shape index (κ1) is 20.9. The molecule has 0 bridgehead atoms. The van der Waals surface area contributed by atoms with Gasteiger partial charge in [0.2, 0.25) is 0 Å². The third-order valence-corrected chi connectivity index (χ3v) is 3.84. The monoisotopic (exact) mass is 425 g/mol. The van der Waals surface area contributed by atoms with Crippen molar-refractivity contribution in [3.63, 3.8) is 0 Å². The molecule has 3 nitrogen and oxygen atoms in total. The van der Waals surface area contributed by atoms with Crippen molar-refractivity contribution in [2.75, 3.05) is 5.43 Å². The van der Waals surface area contributed by atoms with Crippen LogP contribution in [-0.2, 0) is 12.4 Å². The van der Waals surface area contributed by atoms with Gasteiger partial charge in [-0.3, -0.25) is 5.43 Å². The Hall–Kier alpha value is -2.44. The highest BCUT2D eigenvalue weighted by molar-refractivity contribution is 6.39. The predicted octanol–water partition coefficient (Wildman–Crippen LogP) is 6.37. The Labute approximate surface area is 158 Å². The van der Waals surface area contributed by atoms with Crippen LogP contribution in [0.5, 0.6) is 0 Å². The maximum absolute atomic E-state index is 12.7. The molecule has 0 unspecified atom stereocenters. The van der Waals surface area contributed by atoms with Crippen LogP contribution in [0.1, 0.15) is 16.7 Å². The molecule has 0 spiro atoms. The zero-order valence-corrected chi connectivity index (χ0v) is 14.4. The van der Waals surface area contributed by atoms with Gasteiger partial charge in [0.05, 0.1) is 26.9 Å². The lowest BCUT2D eigenvalue weighted by Crippen LogP contribution is -2.08. The number of alkyl halides is 6. The molecule has 2 aromatic rings. The molecule has 1 N–H and O–H groups in total. The smallest absolute Gasteiger partial charge is 0.274 e. The quantitative estimate of drug-likeness (QED) is 0.352. The molecular weight excluding hydrogens is 419 g/mol. The van der Waals surface area contributed by atoms with Gasteiger partial charge in [-0.2, -0.15) is 36.7 Å². The topological polar surface area (TPSA) is 48.2 Å². The SMILES string of the molecule is N#C/C(=N\Nc1c(Cl)cc(C(F)(F)F)cc1Cl)c1ccc(C(F)(F)F)cc1. The van der Waals surface area contributed by atoms with Gasteiger partial charge in [-0.05, 0) is 24.3 Å². The zero-order chi connectivity index (χ0) is 20.4. The van der Waals surface area contributed by atoms with E-state index < -0.39 is 33.5 Å². The Morgan fingerprint density at radius 3 is 1.78 bits per heavy atom. The van der Waals surface area contributed by atoms with Crippen LogP contribution in [0.25, 0.3) is 0 Å². The highest BCUT2D eigenvalue weighted by Gasteiger charge is 2.32. The molecule has 0 aliphatic carbocycles. The molecule has 0 aromatic heterocycles. The summed E-state index contributed by atoms with van der Waals surface area (Å²) in [5.74, 6) is 0. The lowest BCUT2D eigenvalue weighted by Gasteiger charge is -2.12. The van der Waals surface area contributed by atoms with Gasteiger partial charge in [-0.1, -0.05) is 35.3 Å². The van der Waals surface area contributed by atoms with Crippen LogP contribution in [-0.4, -0.2) is 5.71 Å². The fraction of sp³-hybridized carbons (Fsp3) is 0.125. The number of nitriles is 1. The van der Waals surface area contributed by atoms with Crippen molar-refractivity contribution < 1.29 is 26.3 Å². The molecule has 0 heterocycles. The maximum Gasteiger partial charge on any atom is 0.416 e. The average molecular weight is 426 g/mol. The van der Waals surface area contributed by atoms with Gasteiger partial charge < -0.3 is 0 Å². The van der Waals surface area contributed by atoms with Crippen molar-refractivity contribution in [1.29, 1.82) is 5.26 Å². The van der Waals surface area contributed by atoms with Crippen molar-refractivity contribution >= 4 is 34.6 Å². The molecule has 0 aliphatic rings. The highest BCUT2D eigenvalue weighted by atomic mass is 35.5. The number of hydrogen-bond donors (Lipinski definition) is 1. The largest absolute Gasteiger partial charge is 0.416 e. The van der Waals surface area contributed by atoms with E-state index in [2.05, 4.69) is 10.5 Å². The molecule has 27 heavy (non-hydrogen) atoms. The lowest BCUT2D eigenvalue weighted by atomic mass is 10.1. The van der Waals surface area contributed by atoms with E-state index in [1.165, 1.54) is 0 Å². The number of rotatable bonds is 3. The van der Waals surface area contributed by atoms with Gasteiger partial charge in [0, 0.05) is 5.56 Å². The first-order valence-corrected chi connectivity index (χ1v) is 7.66. The van der Waals surface area contributed by atoms with E-state index in [1.807, 2.05) is 0 Å². The van der Waals surface area contributed by atoms with Crippen LogP contribution in [0.3, 0.4) is 0 Å².